The van der Waals surface area contributed by atoms with Gasteiger partial charge in [-0.05, 0) is 25.7 Å². The highest BCUT2D eigenvalue weighted by molar-refractivity contribution is 5.74. The van der Waals surface area contributed by atoms with Crippen LogP contribution in [-0.2, 0) is 20.1 Å². The molecule has 0 bridgehead atoms. The quantitative estimate of drug-likeness (QED) is 0.805. The summed E-state index contributed by atoms with van der Waals surface area (Å²) in [6, 6.07) is -0.0854. The molecule has 1 atom stereocenters. The minimum atomic E-state index is -0.110. The zero-order valence-electron chi connectivity index (χ0n) is 16.6. The summed E-state index contributed by atoms with van der Waals surface area (Å²) >= 11 is 0. The zero-order valence-corrected chi connectivity index (χ0v) is 16.6. The van der Waals surface area contributed by atoms with Crippen LogP contribution in [0.1, 0.15) is 43.3 Å². The Bertz CT molecular complexity index is 979. The third-order valence-electron chi connectivity index (χ3n) is 6.06. The first-order valence-corrected chi connectivity index (χ1v) is 10.3. The fraction of sp³-hybridized carbons (Fsp3) is 0.632. The lowest BCUT2D eigenvalue weighted by Gasteiger charge is -2.35. The molecule has 1 unspecified atom stereocenters. The maximum atomic E-state index is 12.9. The number of urea groups is 1. The lowest BCUT2D eigenvalue weighted by Crippen LogP contribution is -2.53. The molecule has 4 heterocycles. The first-order valence-electron chi connectivity index (χ1n) is 10.3. The highest BCUT2D eigenvalue weighted by Crippen LogP contribution is 2.39. The van der Waals surface area contributed by atoms with E-state index in [9.17, 15) is 9.59 Å². The van der Waals surface area contributed by atoms with E-state index >= 15 is 0 Å². The summed E-state index contributed by atoms with van der Waals surface area (Å²) in [5.41, 5.74) is -0.110. The number of piperidine rings is 1. The summed E-state index contributed by atoms with van der Waals surface area (Å²) in [6.45, 7) is 3.27. The lowest BCUT2D eigenvalue weighted by molar-refractivity contribution is 0.176. The SMILES string of the molecule is Cn1ccnc(N2CCCC(NC(=O)N3CCn4c(nnc4C4CC4)C3)C2)c1=O. The topological polar surface area (TPSA) is 101 Å². The molecule has 29 heavy (non-hydrogen) atoms. The predicted molar refractivity (Wildman–Crippen MR) is 106 cm³/mol. The van der Waals surface area contributed by atoms with E-state index in [4.69, 9.17) is 0 Å². The monoisotopic (exact) mass is 398 g/mol. The average molecular weight is 398 g/mol. The second-order valence-corrected chi connectivity index (χ2v) is 8.22. The number of amides is 2. The molecule has 1 saturated heterocycles. The first-order chi connectivity index (χ1) is 14.1. The molecule has 2 aromatic rings. The van der Waals surface area contributed by atoms with Crippen LogP contribution in [0.25, 0.3) is 0 Å². The molecule has 2 amide bonds. The predicted octanol–water partition coefficient (Wildman–Crippen LogP) is 0.443. The van der Waals surface area contributed by atoms with Gasteiger partial charge in [0, 0.05) is 57.6 Å². The van der Waals surface area contributed by atoms with Crippen LogP contribution in [0.5, 0.6) is 0 Å². The number of aromatic nitrogens is 5. The minimum absolute atomic E-state index is 0.00946. The van der Waals surface area contributed by atoms with E-state index in [0.717, 1.165) is 37.6 Å². The van der Waals surface area contributed by atoms with Crippen LogP contribution >= 0.6 is 0 Å². The van der Waals surface area contributed by atoms with E-state index in [1.807, 2.05) is 4.90 Å². The van der Waals surface area contributed by atoms with Crippen molar-refractivity contribution in [3.8, 4) is 0 Å². The van der Waals surface area contributed by atoms with Gasteiger partial charge in [0.1, 0.15) is 5.82 Å². The first kappa shape index (κ1) is 18.1. The van der Waals surface area contributed by atoms with E-state index in [-0.39, 0.29) is 17.6 Å². The summed E-state index contributed by atoms with van der Waals surface area (Å²) in [5.74, 6) is 2.97. The summed E-state index contributed by atoms with van der Waals surface area (Å²) in [4.78, 5) is 33.3. The number of rotatable bonds is 3. The molecule has 2 fully saturated rings. The van der Waals surface area contributed by atoms with Gasteiger partial charge in [0.05, 0.1) is 6.54 Å². The highest BCUT2D eigenvalue weighted by Gasteiger charge is 2.33. The van der Waals surface area contributed by atoms with Crippen LogP contribution in [0.3, 0.4) is 0 Å². The van der Waals surface area contributed by atoms with E-state index < -0.39 is 0 Å². The lowest BCUT2D eigenvalue weighted by atomic mass is 10.1. The van der Waals surface area contributed by atoms with Gasteiger partial charge in [-0.1, -0.05) is 0 Å². The van der Waals surface area contributed by atoms with E-state index in [2.05, 4.69) is 25.1 Å². The fourth-order valence-electron chi connectivity index (χ4n) is 4.25. The Hall–Kier alpha value is -2.91. The Morgan fingerprint density at radius 2 is 2.03 bits per heavy atom. The standard InChI is InChI=1S/C19H26N8O2/c1-24-8-6-20-17(18(24)28)25-7-2-3-14(11-25)21-19(29)26-9-10-27-15(12-26)22-23-16(27)13-4-5-13/h6,8,13-14H,2-5,7,9-12H2,1H3,(H,21,29). The van der Waals surface area contributed by atoms with Crippen molar-refractivity contribution in [1.82, 2.24) is 34.5 Å². The van der Waals surface area contributed by atoms with Crippen molar-refractivity contribution in [3.05, 3.63) is 34.4 Å². The second-order valence-electron chi connectivity index (χ2n) is 8.22. The van der Waals surface area contributed by atoms with Crippen molar-refractivity contribution in [2.24, 2.45) is 7.05 Å². The molecule has 2 aliphatic heterocycles. The van der Waals surface area contributed by atoms with Crippen molar-refractivity contribution in [1.29, 1.82) is 0 Å². The van der Waals surface area contributed by atoms with Crippen molar-refractivity contribution in [2.75, 3.05) is 24.5 Å². The number of aryl methyl sites for hydroxylation is 1. The number of anilines is 1. The number of carbonyl (C=O) groups excluding carboxylic acids is 1. The molecule has 1 aliphatic carbocycles. The highest BCUT2D eigenvalue weighted by atomic mass is 16.2. The van der Waals surface area contributed by atoms with Crippen LogP contribution < -0.4 is 15.8 Å². The molecule has 0 aromatic carbocycles. The van der Waals surface area contributed by atoms with Crippen LogP contribution in [0.15, 0.2) is 17.2 Å². The Kier molecular flexibility index (Phi) is 4.48. The van der Waals surface area contributed by atoms with Crippen LogP contribution in [-0.4, -0.2) is 60.9 Å². The van der Waals surface area contributed by atoms with Crippen LogP contribution in [0.2, 0.25) is 0 Å². The number of hydrogen-bond donors (Lipinski definition) is 1. The number of fused-ring (bicyclic) bond motifs is 1. The summed E-state index contributed by atoms with van der Waals surface area (Å²) in [6.07, 6.45) is 7.48. The largest absolute Gasteiger partial charge is 0.350 e. The van der Waals surface area contributed by atoms with E-state index in [1.165, 1.54) is 17.4 Å². The molecule has 1 N–H and O–H groups in total. The Morgan fingerprint density at radius 3 is 2.86 bits per heavy atom. The molecule has 3 aliphatic rings. The van der Waals surface area contributed by atoms with Gasteiger partial charge in [-0.3, -0.25) is 4.79 Å². The fourth-order valence-corrected chi connectivity index (χ4v) is 4.25. The summed E-state index contributed by atoms with van der Waals surface area (Å²) < 4.78 is 3.71. The van der Waals surface area contributed by atoms with Gasteiger partial charge in [0.25, 0.3) is 5.56 Å². The minimum Gasteiger partial charge on any atom is -0.350 e. The van der Waals surface area contributed by atoms with Gasteiger partial charge in [-0.25, -0.2) is 9.78 Å². The molecular formula is C19H26N8O2. The molecule has 10 nitrogen and oxygen atoms in total. The van der Waals surface area contributed by atoms with Crippen LogP contribution in [0, 0.1) is 0 Å². The third kappa shape index (κ3) is 3.47. The third-order valence-corrected chi connectivity index (χ3v) is 6.06. The number of nitrogens with zero attached hydrogens (tertiary/aromatic N) is 7. The molecular weight excluding hydrogens is 372 g/mol. The molecule has 0 spiro atoms. The van der Waals surface area contributed by atoms with Crippen molar-refractivity contribution in [2.45, 2.75) is 50.7 Å². The Balaban J connectivity index is 1.22. The molecule has 1 saturated carbocycles. The van der Waals surface area contributed by atoms with E-state index in [1.54, 1.807) is 24.3 Å². The van der Waals surface area contributed by atoms with Crippen molar-refractivity contribution in [3.63, 3.8) is 0 Å². The number of hydrogen-bond acceptors (Lipinski definition) is 6. The molecule has 10 heteroatoms. The molecule has 154 valence electrons. The maximum absolute atomic E-state index is 12.9. The number of nitrogens with one attached hydrogen (secondary N) is 1. The van der Waals surface area contributed by atoms with Crippen molar-refractivity contribution < 1.29 is 4.79 Å². The van der Waals surface area contributed by atoms with Gasteiger partial charge < -0.3 is 24.3 Å². The van der Waals surface area contributed by atoms with Crippen molar-refractivity contribution >= 4 is 11.8 Å². The second kappa shape index (κ2) is 7.16. The van der Waals surface area contributed by atoms with E-state index in [0.29, 0.717) is 31.4 Å². The summed E-state index contributed by atoms with van der Waals surface area (Å²) in [5, 5.41) is 11.8. The molecule has 2 aromatic heterocycles. The van der Waals surface area contributed by atoms with Gasteiger partial charge in [-0.15, -0.1) is 10.2 Å². The summed E-state index contributed by atoms with van der Waals surface area (Å²) in [7, 11) is 1.72. The molecule has 5 rings (SSSR count). The normalized spacial score (nSPS) is 21.8. The van der Waals surface area contributed by atoms with Gasteiger partial charge in [0.15, 0.2) is 11.6 Å². The Morgan fingerprint density at radius 1 is 1.17 bits per heavy atom. The van der Waals surface area contributed by atoms with Crippen LogP contribution in [0.4, 0.5) is 10.6 Å². The zero-order chi connectivity index (χ0) is 20.0. The van der Waals surface area contributed by atoms with Gasteiger partial charge in [-0.2, -0.15) is 0 Å². The Labute approximate surface area is 168 Å². The number of carbonyl (C=O) groups is 1. The molecule has 0 radical (unpaired) electrons. The van der Waals surface area contributed by atoms with Gasteiger partial charge >= 0.3 is 6.03 Å². The smallest absolute Gasteiger partial charge is 0.318 e. The average Bonchev–Trinajstić information content (AvgIpc) is 3.49. The van der Waals surface area contributed by atoms with Gasteiger partial charge in [0.2, 0.25) is 0 Å². The maximum Gasteiger partial charge on any atom is 0.318 e.